The molecule has 1 aliphatic heterocycles. The van der Waals surface area contributed by atoms with Crippen LogP contribution in [0.25, 0.3) is 0 Å². The Morgan fingerprint density at radius 2 is 1.81 bits per heavy atom. The Hall–Kier alpha value is -2.74. The first-order valence-corrected chi connectivity index (χ1v) is 9.76. The van der Waals surface area contributed by atoms with Crippen molar-refractivity contribution in [3.05, 3.63) is 100 Å². The second kappa shape index (κ2) is 6.45. The molecule has 2 nitrogen and oxygen atoms in total. The molecule has 2 aromatic rings. The zero-order valence-corrected chi connectivity index (χ0v) is 16.7. The Kier molecular flexibility index (Phi) is 4.22. The van der Waals surface area contributed by atoms with E-state index in [1.165, 1.54) is 33.6 Å². The number of anilines is 1. The first-order chi connectivity index (χ1) is 12.9. The molecule has 1 heterocycles. The number of allylic oxidation sites excluding steroid dienone is 2. The van der Waals surface area contributed by atoms with Gasteiger partial charge >= 0.3 is 0 Å². The fourth-order valence-electron chi connectivity index (χ4n) is 4.24. The molecular formula is C25H28N2. The van der Waals surface area contributed by atoms with Crippen molar-refractivity contribution < 1.29 is 0 Å². The van der Waals surface area contributed by atoms with Crippen molar-refractivity contribution in [2.45, 2.75) is 40.2 Å². The lowest BCUT2D eigenvalue weighted by Gasteiger charge is -2.45. The van der Waals surface area contributed by atoms with Crippen LogP contribution >= 0.6 is 0 Å². The van der Waals surface area contributed by atoms with Crippen LogP contribution in [0.1, 0.15) is 43.5 Å². The van der Waals surface area contributed by atoms with Gasteiger partial charge in [0.2, 0.25) is 0 Å². The Bertz CT molecular complexity index is 961. The maximum Gasteiger partial charge on any atom is 0.0700 e. The van der Waals surface area contributed by atoms with Gasteiger partial charge < -0.3 is 10.6 Å². The minimum Gasteiger partial charge on any atom is -0.375 e. The summed E-state index contributed by atoms with van der Waals surface area (Å²) >= 11 is 0. The van der Waals surface area contributed by atoms with E-state index in [9.17, 15) is 0 Å². The Labute approximate surface area is 162 Å². The van der Waals surface area contributed by atoms with Crippen LogP contribution in [0.4, 0.5) is 5.69 Å². The number of nitrogens with one attached hydrogen (secondary N) is 2. The highest BCUT2D eigenvalue weighted by Gasteiger charge is 2.41. The van der Waals surface area contributed by atoms with Crippen molar-refractivity contribution in [3.63, 3.8) is 0 Å². The van der Waals surface area contributed by atoms with E-state index in [-0.39, 0.29) is 11.5 Å². The van der Waals surface area contributed by atoms with Gasteiger partial charge in [-0.15, -0.1) is 0 Å². The highest BCUT2D eigenvalue weighted by molar-refractivity contribution is 5.75. The number of rotatable bonds is 4. The van der Waals surface area contributed by atoms with Gasteiger partial charge in [-0.3, -0.25) is 0 Å². The average Bonchev–Trinajstić information content (AvgIpc) is 2.67. The zero-order chi connectivity index (χ0) is 19.2. The first-order valence-electron chi connectivity index (χ1n) is 9.76. The van der Waals surface area contributed by atoms with Crippen molar-refractivity contribution in [1.82, 2.24) is 5.32 Å². The van der Waals surface area contributed by atoms with Crippen LogP contribution in [0, 0.1) is 12.3 Å². The minimum atomic E-state index is 0.0205. The maximum absolute atomic E-state index is 4.33. The van der Waals surface area contributed by atoms with E-state index in [0.717, 1.165) is 17.7 Å². The van der Waals surface area contributed by atoms with Crippen LogP contribution in [-0.4, -0.2) is 0 Å². The Morgan fingerprint density at radius 1 is 1.07 bits per heavy atom. The lowest BCUT2D eigenvalue weighted by molar-refractivity contribution is 0.318. The predicted molar refractivity (Wildman–Crippen MR) is 115 cm³/mol. The summed E-state index contributed by atoms with van der Waals surface area (Å²) in [7, 11) is 0. The number of hydrogen-bond acceptors (Lipinski definition) is 2. The Balaban J connectivity index is 1.71. The van der Waals surface area contributed by atoms with E-state index in [0.29, 0.717) is 0 Å². The largest absolute Gasteiger partial charge is 0.375 e. The smallest absolute Gasteiger partial charge is 0.0700 e. The summed E-state index contributed by atoms with van der Waals surface area (Å²) in [5.74, 6) is 0. The van der Waals surface area contributed by atoms with Gasteiger partial charge in [0.1, 0.15) is 0 Å². The summed E-state index contributed by atoms with van der Waals surface area (Å²) in [6.45, 7) is 13.3. The number of aryl methyl sites for hydroxylation is 1. The van der Waals surface area contributed by atoms with Crippen molar-refractivity contribution in [1.29, 1.82) is 0 Å². The zero-order valence-electron chi connectivity index (χ0n) is 16.7. The summed E-state index contributed by atoms with van der Waals surface area (Å²) in [4.78, 5) is 0. The van der Waals surface area contributed by atoms with Crippen molar-refractivity contribution in [3.8, 4) is 0 Å². The van der Waals surface area contributed by atoms with Crippen LogP contribution in [0.5, 0.6) is 0 Å². The molecule has 1 unspecified atom stereocenters. The van der Waals surface area contributed by atoms with E-state index in [1.807, 2.05) is 0 Å². The molecule has 0 amide bonds. The highest BCUT2D eigenvalue weighted by Crippen LogP contribution is 2.49. The molecule has 2 heteroatoms. The number of fused-ring (bicyclic) bond motifs is 1. The van der Waals surface area contributed by atoms with Gasteiger partial charge in [0.25, 0.3) is 0 Å². The number of hydrogen-bond donors (Lipinski definition) is 2. The molecule has 0 saturated heterocycles. The van der Waals surface area contributed by atoms with Gasteiger partial charge in [0.05, 0.1) is 17.4 Å². The van der Waals surface area contributed by atoms with E-state index in [4.69, 9.17) is 0 Å². The molecule has 0 saturated carbocycles. The van der Waals surface area contributed by atoms with Crippen LogP contribution in [0.15, 0.2) is 83.7 Å². The van der Waals surface area contributed by atoms with Gasteiger partial charge in [0, 0.05) is 22.2 Å². The van der Waals surface area contributed by atoms with E-state index in [1.54, 1.807) is 0 Å². The third kappa shape index (κ3) is 2.90. The van der Waals surface area contributed by atoms with Crippen LogP contribution in [0.2, 0.25) is 0 Å². The number of benzene rings is 2. The van der Waals surface area contributed by atoms with Gasteiger partial charge in [-0.1, -0.05) is 75.9 Å². The quantitative estimate of drug-likeness (QED) is 0.697. The second-order valence-electron chi connectivity index (χ2n) is 8.16. The fourth-order valence-corrected chi connectivity index (χ4v) is 4.24. The normalized spacial score (nSPS) is 20.4. The lowest BCUT2D eigenvalue weighted by Crippen LogP contribution is -2.42. The summed E-state index contributed by atoms with van der Waals surface area (Å²) in [5, 5.41) is 7.44. The van der Waals surface area contributed by atoms with Crippen molar-refractivity contribution in [2.75, 3.05) is 5.32 Å². The molecule has 4 rings (SSSR count). The van der Waals surface area contributed by atoms with Gasteiger partial charge in [0.15, 0.2) is 0 Å². The molecule has 1 atom stereocenters. The van der Waals surface area contributed by atoms with Crippen LogP contribution in [0.3, 0.4) is 0 Å². The molecule has 0 spiro atoms. The molecule has 0 fully saturated rings. The maximum atomic E-state index is 4.33. The molecule has 1 aliphatic carbocycles. The van der Waals surface area contributed by atoms with Crippen molar-refractivity contribution >= 4 is 5.69 Å². The molecule has 0 aromatic heterocycles. The van der Waals surface area contributed by atoms with Crippen LogP contribution in [-0.2, 0) is 6.42 Å². The topological polar surface area (TPSA) is 24.1 Å². The van der Waals surface area contributed by atoms with Gasteiger partial charge in [-0.2, -0.15) is 0 Å². The second-order valence-corrected chi connectivity index (χ2v) is 8.16. The third-order valence-electron chi connectivity index (χ3n) is 5.91. The standard InChI is InChI=1S/C25H28N2/c1-6-18-13-10-14-21(16(18)2)26-22-17(3)20-15-25(4,5)24(27-23(20)22)19-11-8-7-9-12-19/h7-15,24,26-27H,3,6H2,1-2,4-5H3. The predicted octanol–water partition coefficient (Wildman–Crippen LogP) is 6.05. The Morgan fingerprint density at radius 3 is 2.52 bits per heavy atom. The molecule has 0 radical (unpaired) electrons. The molecule has 27 heavy (non-hydrogen) atoms. The minimum absolute atomic E-state index is 0.0205. The summed E-state index contributed by atoms with van der Waals surface area (Å²) in [5.41, 5.74) is 9.85. The van der Waals surface area contributed by atoms with E-state index < -0.39 is 0 Å². The van der Waals surface area contributed by atoms with E-state index in [2.05, 4.69) is 99.5 Å². The molecule has 0 bridgehead atoms. The SMILES string of the molecule is C=C1C2=CC(C)(C)C(c3ccccc3)NC2=C1Nc1cccc(CC)c1C. The summed E-state index contributed by atoms with van der Waals surface area (Å²) in [6.07, 6.45) is 3.42. The lowest BCUT2D eigenvalue weighted by atomic mass is 9.71. The van der Waals surface area contributed by atoms with Gasteiger partial charge in [-0.05, 0) is 36.1 Å². The fraction of sp³-hybridized carbons (Fsp3) is 0.280. The molecule has 2 aliphatic rings. The highest BCUT2D eigenvalue weighted by atomic mass is 15.0. The molecule has 2 N–H and O–H groups in total. The third-order valence-corrected chi connectivity index (χ3v) is 5.91. The average molecular weight is 357 g/mol. The monoisotopic (exact) mass is 356 g/mol. The van der Waals surface area contributed by atoms with Crippen molar-refractivity contribution in [2.24, 2.45) is 5.41 Å². The molecule has 2 aromatic carbocycles. The van der Waals surface area contributed by atoms with Crippen LogP contribution < -0.4 is 10.6 Å². The van der Waals surface area contributed by atoms with E-state index >= 15 is 0 Å². The summed E-state index contributed by atoms with van der Waals surface area (Å²) < 4.78 is 0. The molecular weight excluding hydrogens is 328 g/mol. The molecule has 138 valence electrons. The first kappa shape index (κ1) is 17.7. The van der Waals surface area contributed by atoms with Gasteiger partial charge in [-0.25, -0.2) is 0 Å². The summed E-state index contributed by atoms with van der Waals surface area (Å²) in [6, 6.07) is 17.4.